The van der Waals surface area contributed by atoms with Gasteiger partial charge in [-0.25, -0.2) is 4.98 Å². The minimum Gasteiger partial charge on any atom is -0.322 e. The average molecular weight is 449 g/mol. The largest absolute Gasteiger partial charge is 0.322 e. The minimum atomic E-state index is -0.295. The lowest BCUT2D eigenvalue weighted by Crippen LogP contribution is -2.14. The summed E-state index contributed by atoms with van der Waals surface area (Å²) < 4.78 is 0. The van der Waals surface area contributed by atoms with Gasteiger partial charge < -0.3 is 10.6 Å². The zero-order valence-electron chi connectivity index (χ0n) is 16.0. The van der Waals surface area contributed by atoms with Crippen molar-refractivity contribution in [2.45, 2.75) is 0 Å². The molecule has 7 nitrogen and oxygen atoms in total. The lowest BCUT2D eigenvalue weighted by molar-refractivity contribution is 0.101. The van der Waals surface area contributed by atoms with Crippen molar-refractivity contribution in [3.05, 3.63) is 93.6 Å². The van der Waals surface area contributed by atoms with Gasteiger partial charge in [-0.15, -0.1) is 22.7 Å². The molecule has 2 aromatic carbocycles. The third-order valence-electron chi connectivity index (χ3n) is 4.21. The highest BCUT2D eigenvalue weighted by molar-refractivity contribution is 7.13. The van der Waals surface area contributed by atoms with Crippen LogP contribution in [0, 0.1) is 0 Å². The Labute approximate surface area is 185 Å². The summed E-state index contributed by atoms with van der Waals surface area (Å²) in [5.74, 6) is -0.754. The van der Waals surface area contributed by atoms with Crippen LogP contribution in [0.1, 0.15) is 30.4 Å². The van der Waals surface area contributed by atoms with E-state index in [2.05, 4.69) is 20.9 Å². The Morgan fingerprint density at radius 2 is 1.23 bits per heavy atom. The first-order chi connectivity index (χ1) is 15.1. The lowest BCUT2D eigenvalue weighted by atomic mass is 10.1. The second kappa shape index (κ2) is 9.33. The van der Waals surface area contributed by atoms with Crippen molar-refractivity contribution in [3.8, 4) is 0 Å². The number of anilines is 3. The van der Waals surface area contributed by atoms with Crippen molar-refractivity contribution in [2.24, 2.45) is 0 Å². The molecule has 0 aliphatic rings. The van der Waals surface area contributed by atoms with E-state index in [0.29, 0.717) is 32.5 Å². The number of aromatic nitrogens is 1. The maximum Gasteiger partial charge on any atom is 0.265 e. The van der Waals surface area contributed by atoms with Crippen molar-refractivity contribution in [2.75, 3.05) is 16.0 Å². The molecule has 9 heteroatoms. The monoisotopic (exact) mass is 448 g/mol. The number of nitrogens with one attached hydrogen (secondary N) is 3. The molecule has 0 bridgehead atoms. The highest BCUT2D eigenvalue weighted by atomic mass is 32.1. The molecule has 0 saturated heterocycles. The number of thiophene rings is 1. The Balaban J connectivity index is 1.34. The number of nitrogens with zero attached hydrogens (tertiary/aromatic N) is 1. The van der Waals surface area contributed by atoms with E-state index < -0.39 is 0 Å². The van der Waals surface area contributed by atoms with Crippen molar-refractivity contribution in [3.63, 3.8) is 0 Å². The lowest BCUT2D eigenvalue weighted by Gasteiger charge is -2.08. The molecule has 2 heterocycles. The molecule has 4 aromatic rings. The van der Waals surface area contributed by atoms with Gasteiger partial charge in [0.05, 0.1) is 4.88 Å². The van der Waals surface area contributed by atoms with Gasteiger partial charge in [0.1, 0.15) is 0 Å². The summed E-state index contributed by atoms with van der Waals surface area (Å²) in [5.41, 5.74) is 2.06. The van der Waals surface area contributed by atoms with Gasteiger partial charge in [0, 0.05) is 34.1 Å². The van der Waals surface area contributed by atoms with Crippen LogP contribution in [0.15, 0.2) is 77.6 Å². The predicted molar refractivity (Wildman–Crippen MR) is 123 cm³/mol. The van der Waals surface area contributed by atoms with E-state index in [0.717, 1.165) is 0 Å². The molecule has 0 unspecified atom stereocenters. The first kappa shape index (κ1) is 20.5. The quantitative estimate of drug-likeness (QED) is 0.388. The molecule has 2 aromatic heterocycles. The third-order valence-corrected chi connectivity index (χ3v) is 5.76. The van der Waals surface area contributed by atoms with Gasteiger partial charge in [0.15, 0.2) is 5.13 Å². The Morgan fingerprint density at radius 1 is 0.645 bits per heavy atom. The second-order valence-corrected chi connectivity index (χ2v) is 8.17. The first-order valence-corrected chi connectivity index (χ1v) is 10.9. The number of hydrogen-bond acceptors (Lipinski definition) is 6. The first-order valence-electron chi connectivity index (χ1n) is 9.16. The average Bonchev–Trinajstić information content (AvgIpc) is 3.49. The molecule has 3 amide bonds. The smallest absolute Gasteiger partial charge is 0.265 e. The topological polar surface area (TPSA) is 100 Å². The number of benzene rings is 2. The molecule has 3 N–H and O–H groups in total. The maximum absolute atomic E-state index is 12.5. The van der Waals surface area contributed by atoms with E-state index in [1.54, 1.807) is 66.2 Å². The van der Waals surface area contributed by atoms with E-state index >= 15 is 0 Å². The van der Waals surface area contributed by atoms with Crippen molar-refractivity contribution >= 4 is 56.9 Å². The van der Waals surface area contributed by atoms with Crippen LogP contribution in [-0.4, -0.2) is 22.7 Å². The second-order valence-electron chi connectivity index (χ2n) is 6.33. The fourth-order valence-corrected chi connectivity index (χ4v) is 3.81. The highest BCUT2D eigenvalue weighted by Crippen LogP contribution is 2.17. The standard InChI is InChI=1S/C22H16N4O3S2/c27-19(14-3-9-17(10-4-14)25-21(29)18-2-1-12-30-18)24-16-7-5-15(6-8-16)20(28)26-22-23-11-13-31-22/h1-13H,(H,24,27)(H,25,29)(H,23,26,28). The number of carbonyl (C=O) groups is 3. The molecular weight excluding hydrogens is 432 g/mol. The highest BCUT2D eigenvalue weighted by Gasteiger charge is 2.11. The molecule has 154 valence electrons. The van der Waals surface area contributed by atoms with Crippen LogP contribution in [0.25, 0.3) is 0 Å². The summed E-state index contributed by atoms with van der Waals surface area (Å²) in [4.78, 5) is 41.4. The molecule has 0 radical (unpaired) electrons. The molecule has 0 atom stereocenters. The Bertz CT molecular complexity index is 1190. The molecule has 4 rings (SSSR count). The van der Waals surface area contributed by atoms with Crippen LogP contribution in [0.2, 0.25) is 0 Å². The summed E-state index contributed by atoms with van der Waals surface area (Å²) in [5, 5.41) is 12.4. The summed E-state index contributed by atoms with van der Waals surface area (Å²) >= 11 is 2.69. The van der Waals surface area contributed by atoms with Crippen LogP contribution in [0.3, 0.4) is 0 Å². The van der Waals surface area contributed by atoms with Gasteiger partial charge in [-0.05, 0) is 60.0 Å². The van der Waals surface area contributed by atoms with Gasteiger partial charge in [0.25, 0.3) is 17.7 Å². The molecule has 0 aliphatic carbocycles. The molecule has 0 aliphatic heterocycles. The van der Waals surface area contributed by atoms with Gasteiger partial charge in [-0.1, -0.05) is 6.07 Å². The van der Waals surface area contributed by atoms with Gasteiger partial charge in [-0.2, -0.15) is 0 Å². The maximum atomic E-state index is 12.5. The van der Waals surface area contributed by atoms with Crippen LogP contribution in [0.5, 0.6) is 0 Å². The summed E-state index contributed by atoms with van der Waals surface area (Å²) in [6.07, 6.45) is 1.61. The van der Waals surface area contributed by atoms with Crippen molar-refractivity contribution in [1.82, 2.24) is 4.98 Å². The fourth-order valence-electron chi connectivity index (χ4n) is 2.67. The third kappa shape index (κ3) is 5.21. The minimum absolute atomic E-state index is 0.189. The zero-order valence-corrected chi connectivity index (χ0v) is 17.6. The SMILES string of the molecule is O=C(Nc1ccc(C(=O)Nc2nccs2)cc1)c1ccc(NC(=O)c2cccs2)cc1. The van der Waals surface area contributed by atoms with Crippen molar-refractivity contribution < 1.29 is 14.4 Å². The summed E-state index contributed by atoms with van der Waals surface area (Å²) in [6.45, 7) is 0. The predicted octanol–water partition coefficient (Wildman–Crippen LogP) is 4.96. The van der Waals surface area contributed by atoms with Crippen LogP contribution >= 0.6 is 22.7 Å². The van der Waals surface area contributed by atoms with E-state index in [4.69, 9.17) is 0 Å². The summed E-state index contributed by atoms with van der Waals surface area (Å²) in [7, 11) is 0. The van der Waals surface area contributed by atoms with E-state index in [9.17, 15) is 14.4 Å². The van der Waals surface area contributed by atoms with Crippen molar-refractivity contribution in [1.29, 1.82) is 0 Å². The molecule has 0 fully saturated rings. The number of amides is 3. The molecule has 0 spiro atoms. The van der Waals surface area contributed by atoms with E-state index in [1.165, 1.54) is 22.7 Å². The Hall–Kier alpha value is -3.82. The van der Waals surface area contributed by atoms with Gasteiger partial charge >= 0.3 is 0 Å². The number of hydrogen-bond donors (Lipinski definition) is 3. The number of carbonyl (C=O) groups excluding carboxylic acids is 3. The fraction of sp³-hybridized carbons (Fsp3) is 0. The Kier molecular flexibility index (Phi) is 6.16. The number of rotatable bonds is 6. The van der Waals surface area contributed by atoms with Crippen LogP contribution < -0.4 is 16.0 Å². The van der Waals surface area contributed by atoms with Crippen LogP contribution in [-0.2, 0) is 0 Å². The van der Waals surface area contributed by atoms with E-state index in [1.807, 2.05) is 11.4 Å². The summed E-state index contributed by atoms with van der Waals surface area (Å²) in [6, 6.07) is 16.7. The molecule has 31 heavy (non-hydrogen) atoms. The van der Waals surface area contributed by atoms with E-state index in [-0.39, 0.29) is 17.7 Å². The van der Waals surface area contributed by atoms with Gasteiger partial charge in [0.2, 0.25) is 0 Å². The molecule has 0 saturated carbocycles. The number of thiazole rings is 1. The normalized spacial score (nSPS) is 10.3. The zero-order chi connectivity index (χ0) is 21.6. The molecular formula is C22H16N4O3S2. The Morgan fingerprint density at radius 3 is 1.74 bits per heavy atom. The van der Waals surface area contributed by atoms with Gasteiger partial charge in [-0.3, -0.25) is 19.7 Å². The van der Waals surface area contributed by atoms with Crippen LogP contribution in [0.4, 0.5) is 16.5 Å².